The first-order valence-electron chi connectivity index (χ1n) is 7.53. The number of aryl methyl sites for hydroxylation is 1. The van der Waals surface area contributed by atoms with Crippen molar-refractivity contribution in [1.82, 2.24) is 9.97 Å². The molecule has 0 unspecified atom stereocenters. The summed E-state index contributed by atoms with van der Waals surface area (Å²) in [6.45, 7) is 5.71. The van der Waals surface area contributed by atoms with Gasteiger partial charge in [0, 0.05) is 17.3 Å². The van der Waals surface area contributed by atoms with Crippen LogP contribution < -0.4 is 10.2 Å². The summed E-state index contributed by atoms with van der Waals surface area (Å²) in [5.74, 6) is 1.30. The minimum absolute atomic E-state index is 0.461. The third-order valence-electron chi connectivity index (χ3n) is 3.84. The molecule has 0 atom stereocenters. The largest absolute Gasteiger partial charge is 0.416 e. The number of rotatable bonds is 2. The Morgan fingerprint density at radius 3 is 2.30 bits per heavy atom. The van der Waals surface area contributed by atoms with Crippen LogP contribution in [0.15, 0.2) is 30.3 Å². The van der Waals surface area contributed by atoms with Crippen molar-refractivity contribution >= 4 is 5.82 Å². The average molecular weight is 323 g/mol. The third kappa shape index (κ3) is 3.61. The molecule has 2 N–H and O–H groups in total. The molecule has 2 aromatic rings. The van der Waals surface area contributed by atoms with Crippen molar-refractivity contribution in [2.75, 3.05) is 31.1 Å². The maximum Gasteiger partial charge on any atom is 0.416 e. The Bertz CT molecular complexity index is 677. The number of piperazine rings is 1. The fourth-order valence-electron chi connectivity index (χ4n) is 2.63. The molecule has 4 nitrogen and oxygen atoms in total. The number of hydrogen-bond donors (Lipinski definition) is 1. The number of anilines is 1. The molecule has 3 rings (SSSR count). The summed E-state index contributed by atoms with van der Waals surface area (Å²) in [6, 6.07) is 6.89. The molecule has 0 saturated carbocycles. The maximum atomic E-state index is 12.7. The van der Waals surface area contributed by atoms with Gasteiger partial charge in [-0.2, -0.15) is 13.2 Å². The second-order valence-corrected chi connectivity index (χ2v) is 5.62. The Morgan fingerprint density at radius 2 is 1.70 bits per heavy atom. The van der Waals surface area contributed by atoms with E-state index >= 15 is 0 Å². The van der Waals surface area contributed by atoms with Gasteiger partial charge in [0.15, 0.2) is 5.82 Å². The summed E-state index contributed by atoms with van der Waals surface area (Å²) in [7, 11) is 0. The molecule has 1 aliphatic rings. The van der Waals surface area contributed by atoms with E-state index in [2.05, 4.69) is 20.2 Å². The molecule has 0 bridgehead atoms. The molecule has 0 spiro atoms. The molecule has 1 aromatic heterocycles. The summed E-state index contributed by atoms with van der Waals surface area (Å²) in [5.41, 5.74) is 0.728. The Hall–Kier alpha value is -2.15. The Morgan fingerprint density at radius 1 is 1.04 bits per heavy atom. The van der Waals surface area contributed by atoms with Gasteiger partial charge in [-0.1, -0.05) is 12.1 Å². The Kier molecular flexibility index (Phi) is 4.21. The molecule has 0 radical (unpaired) electrons. The van der Waals surface area contributed by atoms with Crippen LogP contribution >= 0.6 is 0 Å². The highest BCUT2D eigenvalue weighted by Gasteiger charge is 2.30. The molecular weight excluding hydrogens is 305 g/mol. The van der Waals surface area contributed by atoms with E-state index in [0.717, 1.165) is 49.8 Å². The van der Waals surface area contributed by atoms with Crippen molar-refractivity contribution in [3.05, 3.63) is 41.6 Å². The highest BCUT2D eigenvalue weighted by molar-refractivity contribution is 5.58. The van der Waals surface area contributed by atoms with Crippen molar-refractivity contribution in [3.63, 3.8) is 0 Å². The van der Waals surface area contributed by atoms with Gasteiger partial charge < -0.3 is 10.2 Å². The summed E-state index contributed by atoms with van der Waals surface area (Å²) in [6.07, 6.45) is -4.33. The number of hydrogen-bond acceptors (Lipinski definition) is 3. The molecule has 2 heterocycles. The molecule has 1 aromatic carbocycles. The van der Waals surface area contributed by atoms with E-state index < -0.39 is 11.7 Å². The van der Waals surface area contributed by atoms with Crippen LogP contribution in [0.3, 0.4) is 0 Å². The number of aromatic nitrogens is 2. The number of alkyl halides is 3. The zero-order valence-corrected chi connectivity index (χ0v) is 12.8. The molecule has 0 aliphatic carbocycles. The molecule has 122 valence electrons. The lowest BCUT2D eigenvalue weighted by Gasteiger charge is -2.26. The van der Waals surface area contributed by atoms with Crippen LogP contribution in [0.2, 0.25) is 0 Å². The van der Waals surface area contributed by atoms with Gasteiger partial charge >= 0.3 is 6.18 Å². The summed E-state index contributed by atoms with van der Waals surface area (Å²) in [4.78, 5) is 11.1. The lowest BCUT2D eigenvalue weighted by Crippen LogP contribution is -2.89. The van der Waals surface area contributed by atoms with Crippen LogP contribution in [0.4, 0.5) is 19.0 Å². The molecule has 7 heteroatoms. The van der Waals surface area contributed by atoms with Crippen LogP contribution in [-0.2, 0) is 6.18 Å². The van der Waals surface area contributed by atoms with Crippen molar-refractivity contribution in [1.29, 1.82) is 0 Å². The van der Waals surface area contributed by atoms with Gasteiger partial charge in [-0.3, -0.25) is 0 Å². The number of nitrogens with two attached hydrogens (primary N) is 1. The lowest BCUT2D eigenvalue weighted by atomic mass is 10.1. The van der Waals surface area contributed by atoms with Crippen LogP contribution in [0.5, 0.6) is 0 Å². The first-order valence-corrected chi connectivity index (χ1v) is 7.53. The van der Waals surface area contributed by atoms with Crippen LogP contribution in [0.25, 0.3) is 11.4 Å². The first kappa shape index (κ1) is 15.7. The lowest BCUT2D eigenvalue weighted by molar-refractivity contribution is -0.655. The van der Waals surface area contributed by atoms with Gasteiger partial charge in [-0.05, 0) is 19.1 Å². The highest BCUT2D eigenvalue weighted by Crippen LogP contribution is 2.30. The molecule has 1 saturated heterocycles. The third-order valence-corrected chi connectivity index (χ3v) is 3.84. The molecule has 1 fully saturated rings. The molecule has 23 heavy (non-hydrogen) atoms. The van der Waals surface area contributed by atoms with E-state index in [0.29, 0.717) is 11.4 Å². The van der Waals surface area contributed by atoms with Crippen molar-refractivity contribution < 1.29 is 18.5 Å². The monoisotopic (exact) mass is 323 g/mol. The van der Waals surface area contributed by atoms with Gasteiger partial charge in [0.25, 0.3) is 0 Å². The van der Waals surface area contributed by atoms with E-state index in [4.69, 9.17) is 0 Å². The fraction of sp³-hybridized carbons (Fsp3) is 0.375. The predicted molar refractivity (Wildman–Crippen MR) is 81.1 cm³/mol. The normalized spacial score (nSPS) is 15.7. The maximum absolute atomic E-state index is 12.7. The van der Waals surface area contributed by atoms with Gasteiger partial charge in [0.1, 0.15) is 5.82 Å². The predicted octanol–water partition coefficient (Wildman–Crippen LogP) is 1.85. The molecule has 0 amide bonds. The zero-order valence-electron chi connectivity index (χ0n) is 12.8. The zero-order chi connectivity index (χ0) is 16.4. The van der Waals surface area contributed by atoms with Gasteiger partial charge in [0.05, 0.1) is 31.7 Å². The van der Waals surface area contributed by atoms with Crippen molar-refractivity contribution in [3.8, 4) is 11.4 Å². The van der Waals surface area contributed by atoms with E-state index in [1.54, 1.807) is 0 Å². The van der Waals surface area contributed by atoms with Crippen LogP contribution in [-0.4, -0.2) is 36.1 Å². The summed E-state index contributed by atoms with van der Waals surface area (Å²) < 4.78 is 38.0. The van der Waals surface area contributed by atoms with Crippen LogP contribution in [0.1, 0.15) is 11.3 Å². The minimum atomic E-state index is -4.33. The van der Waals surface area contributed by atoms with Gasteiger partial charge in [-0.15, -0.1) is 0 Å². The van der Waals surface area contributed by atoms with Crippen molar-refractivity contribution in [2.45, 2.75) is 13.1 Å². The standard InChI is InChI=1S/C16H17F3N4/c1-11-10-14(23-8-6-20-7-9-23)22-15(21-11)12-2-4-13(5-3-12)16(17,18)19/h2-5,10,20H,6-9H2,1H3/p+1. The van der Waals surface area contributed by atoms with E-state index in [-0.39, 0.29) is 0 Å². The first-order chi connectivity index (χ1) is 10.9. The summed E-state index contributed by atoms with van der Waals surface area (Å²) >= 11 is 0. The topological polar surface area (TPSA) is 45.6 Å². The average Bonchev–Trinajstić information content (AvgIpc) is 2.54. The Labute approximate surface area is 132 Å². The Balaban J connectivity index is 1.91. The van der Waals surface area contributed by atoms with Crippen molar-refractivity contribution in [2.24, 2.45) is 0 Å². The van der Waals surface area contributed by atoms with E-state index in [1.165, 1.54) is 12.1 Å². The second-order valence-electron chi connectivity index (χ2n) is 5.62. The van der Waals surface area contributed by atoms with Crippen LogP contribution in [0, 0.1) is 6.92 Å². The second kappa shape index (κ2) is 6.16. The minimum Gasteiger partial charge on any atom is -0.345 e. The fourth-order valence-corrected chi connectivity index (χ4v) is 2.63. The number of quaternary nitrogens is 1. The van der Waals surface area contributed by atoms with Gasteiger partial charge in [-0.25, -0.2) is 9.97 Å². The SMILES string of the molecule is Cc1cc(N2CC[NH2+]CC2)nc(-c2ccc(C(F)(F)F)cc2)n1. The van der Waals surface area contributed by atoms with E-state index in [1.807, 2.05) is 13.0 Å². The summed E-state index contributed by atoms with van der Waals surface area (Å²) in [5, 5.41) is 2.25. The number of nitrogens with zero attached hydrogens (tertiary/aromatic N) is 3. The van der Waals surface area contributed by atoms with Gasteiger partial charge in [0.2, 0.25) is 0 Å². The molecular formula is C16H18F3N4+. The quantitative estimate of drug-likeness (QED) is 0.917. The highest BCUT2D eigenvalue weighted by atomic mass is 19.4. The number of benzene rings is 1. The van der Waals surface area contributed by atoms with E-state index in [9.17, 15) is 13.2 Å². The number of halogens is 3. The smallest absolute Gasteiger partial charge is 0.345 e. The molecule has 1 aliphatic heterocycles.